The Hall–Kier alpha value is -4.04. The van der Waals surface area contributed by atoms with Gasteiger partial charge in [0.15, 0.2) is 0 Å². The summed E-state index contributed by atoms with van der Waals surface area (Å²) < 4.78 is 5.71. The molecule has 42 heavy (non-hydrogen) atoms. The summed E-state index contributed by atoms with van der Waals surface area (Å²) in [6.07, 6.45) is 0.598. The summed E-state index contributed by atoms with van der Waals surface area (Å²) in [5.74, 6) is -1.28. The van der Waals surface area contributed by atoms with Crippen LogP contribution in [-0.2, 0) is 20.9 Å². The minimum atomic E-state index is -0.912. The standard InChI is InChI=1S/C34H41N3O5/c1-22(2)18-29(32(40)36(6)21-23-12-8-7-9-13-23)35-28(33(41)42-34(3,4)5)16-17-37-30(38)26-19-24-14-10-11-15-25(24)20-27(26)31(37)39/h7-15,19-20,22,28-29,35H,16-18,21H2,1-6H3/t28-,29+/m1/s1. The summed E-state index contributed by atoms with van der Waals surface area (Å²) in [6.45, 7) is 9.80. The van der Waals surface area contributed by atoms with E-state index in [1.54, 1.807) is 44.9 Å². The molecule has 0 saturated heterocycles. The predicted octanol–water partition coefficient (Wildman–Crippen LogP) is 5.20. The third-order valence-corrected chi connectivity index (χ3v) is 7.22. The third-order valence-electron chi connectivity index (χ3n) is 7.22. The number of likely N-dealkylation sites (N-methyl/N-ethyl adjacent to an activating group) is 1. The van der Waals surface area contributed by atoms with Crippen molar-refractivity contribution in [3.8, 4) is 0 Å². The number of rotatable bonds is 11. The molecular formula is C34H41N3O5. The van der Waals surface area contributed by atoms with Gasteiger partial charge in [0.1, 0.15) is 11.6 Å². The molecule has 8 nitrogen and oxygen atoms in total. The van der Waals surface area contributed by atoms with Crippen LogP contribution in [0.15, 0.2) is 66.7 Å². The van der Waals surface area contributed by atoms with Crippen LogP contribution in [0.3, 0.4) is 0 Å². The smallest absolute Gasteiger partial charge is 0.323 e. The average molecular weight is 572 g/mol. The van der Waals surface area contributed by atoms with Gasteiger partial charge in [-0.2, -0.15) is 0 Å². The summed E-state index contributed by atoms with van der Waals surface area (Å²) >= 11 is 0. The molecule has 0 saturated carbocycles. The first kappa shape index (κ1) is 30.9. The van der Waals surface area contributed by atoms with Crippen LogP contribution in [0.1, 0.15) is 73.7 Å². The lowest BCUT2D eigenvalue weighted by atomic mass is 10.0. The second-order valence-electron chi connectivity index (χ2n) is 12.4. The van der Waals surface area contributed by atoms with E-state index < -0.39 is 23.7 Å². The lowest BCUT2D eigenvalue weighted by Crippen LogP contribution is -2.53. The van der Waals surface area contributed by atoms with Crippen molar-refractivity contribution < 1.29 is 23.9 Å². The molecule has 0 aromatic heterocycles. The molecule has 0 fully saturated rings. The van der Waals surface area contributed by atoms with Crippen molar-refractivity contribution in [3.05, 3.63) is 83.4 Å². The van der Waals surface area contributed by atoms with E-state index in [1.807, 2.05) is 68.4 Å². The van der Waals surface area contributed by atoms with Gasteiger partial charge in [-0.3, -0.25) is 29.4 Å². The first-order chi connectivity index (χ1) is 19.8. The minimum absolute atomic E-state index is 0.00203. The Morgan fingerprint density at radius 3 is 1.95 bits per heavy atom. The fraction of sp³-hybridized carbons (Fsp3) is 0.412. The highest BCUT2D eigenvalue weighted by Gasteiger charge is 2.38. The summed E-state index contributed by atoms with van der Waals surface area (Å²) in [5, 5.41) is 5.01. The molecule has 0 radical (unpaired) electrons. The molecule has 2 atom stereocenters. The first-order valence-electron chi connectivity index (χ1n) is 14.5. The normalized spacial score (nSPS) is 14.7. The van der Waals surface area contributed by atoms with Crippen molar-refractivity contribution in [2.45, 2.75) is 71.7 Å². The van der Waals surface area contributed by atoms with Gasteiger partial charge < -0.3 is 9.64 Å². The number of nitrogens with one attached hydrogen (secondary N) is 1. The minimum Gasteiger partial charge on any atom is -0.459 e. The number of hydrogen-bond acceptors (Lipinski definition) is 6. The van der Waals surface area contributed by atoms with Gasteiger partial charge in [0, 0.05) is 20.1 Å². The molecule has 222 valence electrons. The number of amides is 3. The SMILES string of the molecule is CC(C)C[C@H](N[C@H](CCN1C(=O)c2cc3ccccc3cc2C1=O)C(=O)OC(C)(C)C)C(=O)N(C)Cc1ccccc1. The molecule has 1 aliphatic heterocycles. The van der Waals surface area contributed by atoms with E-state index in [2.05, 4.69) is 5.32 Å². The van der Waals surface area contributed by atoms with E-state index in [4.69, 9.17) is 4.74 Å². The number of carbonyl (C=O) groups is 4. The van der Waals surface area contributed by atoms with E-state index in [1.165, 1.54) is 4.90 Å². The highest BCUT2D eigenvalue weighted by atomic mass is 16.6. The zero-order valence-electron chi connectivity index (χ0n) is 25.3. The maximum atomic E-state index is 13.6. The Bertz CT molecular complexity index is 1410. The topological polar surface area (TPSA) is 96.0 Å². The van der Waals surface area contributed by atoms with Crippen LogP contribution < -0.4 is 5.32 Å². The Morgan fingerprint density at radius 1 is 0.881 bits per heavy atom. The molecule has 4 rings (SSSR count). The summed E-state index contributed by atoms with van der Waals surface area (Å²) in [5.41, 5.74) is 0.958. The molecule has 0 bridgehead atoms. The van der Waals surface area contributed by atoms with Crippen LogP contribution in [0.5, 0.6) is 0 Å². The van der Waals surface area contributed by atoms with Crippen LogP contribution in [0.25, 0.3) is 10.8 Å². The van der Waals surface area contributed by atoms with E-state index >= 15 is 0 Å². The fourth-order valence-electron chi connectivity index (χ4n) is 5.24. The number of imide groups is 1. The van der Waals surface area contributed by atoms with Gasteiger partial charge in [-0.25, -0.2) is 0 Å². The number of nitrogens with zero attached hydrogens (tertiary/aromatic N) is 2. The molecule has 3 aromatic carbocycles. The Labute approximate surface area is 248 Å². The summed E-state index contributed by atoms with van der Waals surface area (Å²) in [6, 6.07) is 19.2. The Morgan fingerprint density at radius 2 is 1.43 bits per heavy atom. The molecule has 3 aromatic rings. The van der Waals surface area contributed by atoms with Crippen molar-refractivity contribution in [3.63, 3.8) is 0 Å². The molecule has 1 N–H and O–H groups in total. The van der Waals surface area contributed by atoms with Gasteiger partial charge in [0.25, 0.3) is 11.8 Å². The lowest BCUT2D eigenvalue weighted by molar-refractivity contribution is -0.158. The number of benzene rings is 3. The van der Waals surface area contributed by atoms with Crippen molar-refractivity contribution in [1.29, 1.82) is 0 Å². The third kappa shape index (κ3) is 7.42. The number of fused-ring (bicyclic) bond motifs is 2. The zero-order valence-corrected chi connectivity index (χ0v) is 25.3. The van der Waals surface area contributed by atoms with Gasteiger partial charge in [0.2, 0.25) is 5.91 Å². The van der Waals surface area contributed by atoms with E-state index in [9.17, 15) is 19.2 Å². The number of esters is 1. The quantitative estimate of drug-likeness (QED) is 0.251. The molecule has 1 aliphatic rings. The van der Waals surface area contributed by atoms with Crippen LogP contribution in [0.4, 0.5) is 0 Å². The largest absolute Gasteiger partial charge is 0.459 e. The van der Waals surface area contributed by atoms with Crippen molar-refractivity contribution in [2.75, 3.05) is 13.6 Å². The first-order valence-corrected chi connectivity index (χ1v) is 14.5. The van der Waals surface area contributed by atoms with Crippen LogP contribution in [-0.4, -0.2) is 64.8 Å². The highest BCUT2D eigenvalue weighted by Crippen LogP contribution is 2.28. The van der Waals surface area contributed by atoms with Gasteiger partial charge in [-0.05, 0) is 68.0 Å². The van der Waals surface area contributed by atoms with E-state index in [-0.39, 0.29) is 36.6 Å². The van der Waals surface area contributed by atoms with E-state index in [0.29, 0.717) is 24.1 Å². The van der Waals surface area contributed by atoms with Crippen molar-refractivity contribution in [1.82, 2.24) is 15.1 Å². The maximum absolute atomic E-state index is 13.6. The van der Waals surface area contributed by atoms with Gasteiger partial charge in [-0.1, -0.05) is 68.4 Å². The Balaban J connectivity index is 1.54. The van der Waals surface area contributed by atoms with Crippen molar-refractivity contribution in [2.24, 2.45) is 5.92 Å². The van der Waals surface area contributed by atoms with E-state index in [0.717, 1.165) is 16.3 Å². The highest BCUT2D eigenvalue weighted by molar-refractivity contribution is 6.23. The van der Waals surface area contributed by atoms with Crippen LogP contribution in [0, 0.1) is 5.92 Å². The van der Waals surface area contributed by atoms with Gasteiger partial charge in [0.05, 0.1) is 17.2 Å². The molecule has 8 heteroatoms. The summed E-state index contributed by atoms with van der Waals surface area (Å²) in [4.78, 5) is 56.5. The van der Waals surface area contributed by atoms with Crippen molar-refractivity contribution >= 4 is 34.5 Å². The summed E-state index contributed by atoms with van der Waals surface area (Å²) in [7, 11) is 1.75. The van der Waals surface area contributed by atoms with Gasteiger partial charge in [-0.15, -0.1) is 0 Å². The molecule has 1 heterocycles. The monoisotopic (exact) mass is 571 g/mol. The number of carbonyl (C=O) groups excluding carboxylic acids is 4. The number of ether oxygens (including phenoxy) is 1. The second-order valence-corrected chi connectivity index (χ2v) is 12.4. The average Bonchev–Trinajstić information content (AvgIpc) is 3.16. The maximum Gasteiger partial charge on any atom is 0.323 e. The molecule has 3 amide bonds. The lowest BCUT2D eigenvalue weighted by Gasteiger charge is -2.31. The molecular weight excluding hydrogens is 530 g/mol. The molecule has 0 aliphatic carbocycles. The zero-order chi connectivity index (χ0) is 30.6. The Kier molecular flexibility index (Phi) is 9.46. The molecule has 0 spiro atoms. The predicted molar refractivity (Wildman–Crippen MR) is 163 cm³/mol. The number of hydrogen-bond donors (Lipinski definition) is 1. The second kappa shape index (κ2) is 12.9. The van der Waals surface area contributed by atoms with Gasteiger partial charge >= 0.3 is 5.97 Å². The molecule has 0 unspecified atom stereocenters. The van der Waals surface area contributed by atoms with Crippen LogP contribution in [0.2, 0.25) is 0 Å². The van der Waals surface area contributed by atoms with Crippen LogP contribution >= 0.6 is 0 Å². The fourth-order valence-corrected chi connectivity index (χ4v) is 5.24.